The summed E-state index contributed by atoms with van der Waals surface area (Å²) >= 11 is 0. The summed E-state index contributed by atoms with van der Waals surface area (Å²) in [6.07, 6.45) is 0. The van der Waals surface area contributed by atoms with E-state index < -0.39 is 21.7 Å². The number of sulfonamides is 1. The maximum atomic E-state index is 14.2. The molecule has 0 aliphatic heterocycles. The van der Waals surface area contributed by atoms with Crippen molar-refractivity contribution in [2.75, 3.05) is 30.4 Å². The van der Waals surface area contributed by atoms with E-state index in [2.05, 4.69) is 10.0 Å². The predicted molar refractivity (Wildman–Crippen MR) is 120 cm³/mol. The molecule has 0 radical (unpaired) electrons. The van der Waals surface area contributed by atoms with Crippen molar-refractivity contribution in [3.8, 4) is 5.75 Å². The number of anilines is 2. The maximum Gasteiger partial charge on any atom is 0.261 e. The SMILES string of the molecule is COCCOc1ccc(NC(=O)c2cccc(S(=O)(=O)Nc3cccc(C)c3)c2)cc1F. The molecule has 3 aromatic rings. The number of carbonyl (C=O) groups is 1. The van der Waals surface area contributed by atoms with E-state index in [0.717, 1.165) is 11.6 Å². The summed E-state index contributed by atoms with van der Waals surface area (Å²) in [6, 6.07) is 16.5. The number of aryl methyl sites for hydroxylation is 1. The molecule has 0 saturated heterocycles. The third kappa shape index (κ3) is 6.05. The van der Waals surface area contributed by atoms with Crippen LogP contribution in [0.4, 0.5) is 15.8 Å². The molecule has 1 amide bonds. The van der Waals surface area contributed by atoms with Crippen LogP contribution in [0.1, 0.15) is 15.9 Å². The molecule has 3 aromatic carbocycles. The van der Waals surface area contributed by atoms with E-state index in [1.165, 1.54) is 43.5 Å². The number of ether oxygens (including phenoxy) is 2. The first-order valence-electron chi connectivity index (χ1n) is 9.71. The van der Waals surface area contributed by atoms with Gasteiger partial charge in [0.05, 0.1) is 11.5 Å². The summed E-state index contributed by atoms with van der Waals surface area (Å²) in [5, 5.41) is 2.55. The van der Waals surface area contributed by atoms with Crippen molar-refractivity contribution in [3.63, 3.8) is 0 Å². The number of carbonyl (C=O) groups excluding carboxylic acids is 1. The second-order valence-electron chi connectivity index (χ2n) is 6.94. The fraction of sp³-hybridized carbons (Fsp3) is 0.174. The monoisotopic (exact) mass is 458 g/mol. The normalized spacial score (nSPS) is 11.1. The molecule has 0 spiro atoms. The van der Waals surface area contributed by atoms with Gasteiger partial charge >= 0.3 is 0 Å². The van der Waals surface area contributed by atoms with Crippen molar-refractivity contribution in [1.82, 2.24) is 0 Å². The third-order valence-electron chi connectivity index (χ3n) is 4.41. The van der Waals surface area contributed by atoms with Crippen LogP contribution in [-0.2, 0) is 14.8 Å². The van der Waals surface area contributed by atoms with E-state index in [4.69, 9.17) is 9.47 Å². The predicted octanol–water partition coefficient (Wildman–Crippen LogP) is 4.21. The van der Waals surface area contributed by atoms with Gasteiger partial charge in [0.15, 0.2) is 11.6 Å². The molecule has 0 fully saturated rings. The van der Waals surface area contributed by atoms with Crippen LogP contribution >= 0.6 is 0 Å². The zero-order chi connectivity index (χ0) is 23.1. The first-order chi connectivity index (χ1) is 15.3. The highest BCUT2D eigenvalue weighted by Gasteiger charge is 2.17. The largest absolute Gasteiger partial charge is 0.488 e. The Morgan fingerprint density at radius 3 is 2.47 bits per heavy atom. The minimum absolute atomic E-state index is 0.0374. The van der Waals surface area contributed by atoms with E-state index in [-0.39, 0.29) is 28.5 Å². The Bertz CT molecular complexity index is 1210. The number of amides is 1. The molecule has 32 heavy (non-hydrogen) atoms. The van der Waals surface area contributed by atoms with Crippen molar-refractivity contribution in [1.29, 1.82) is 0 Å². The second kappa shape index (κ2) is 10.3. The average Bonchev–Trinajstić information content (AvgIpc) is 2.75. The summed E-state index contributed by atoms with van der Waals surface area (Å²) in [4.78, 5) is 12.5. The van der Waals surface area contributed by atoms with Crippen LogP contribution < -0.4 is 14.8 Å². The van der Waals surface area contributed by atoms with Crippen LogP contribution in [0.15, 0.2) is 71.6 Å². The minimum Gasteiger partial charge on any atom is -0.488 e. The highest BCUT2D eigenvalue weighted by atomic mass is 32.2. The van der Waals surface area contributed by atoms with Gasteiger partial charge in [0, 0.05) is 30.1 Å². The van der Waals surface area contributed by atoms with E-state index in [1.807, 2.05) is 13.0 Å². The number of nitrogens with one attached hydrogen (secondary N) is 2. The zero-order valence-corrected chi connectivity index (χ0v) is 18.4. The lowest BCUT2D eigenvalue weighted by atomic mass is 10.2. The van der Waals surface area contributed by atoms with Gasteiger partial charge in [-0.25, -0.2) is 12.8 Å². The van der Waals surface area contributed by atoms with Crippen molar-refractivity contribution < 1.29 is 27.1 Å². The topological polar surface area (TPSA) is 93.7 Å². The van der Waals surface area contributed by atoms with Gasteiger partial charge in [-0.3, -0.25) is 9.52 Å². The average molecular weight is 459 g/mol. The molecular weight excluding hydrogens is 435 g/mol. The summed E-state index contributed by atoms with van der Waals surface area (Å²) in [7, 11) is -2.39. The van der Waals surface area contributed by atoms with Crippen molar-refractivity contribution >= 4 is 27.3 Å². The molecular formula is C23H23FN2O5S. The van der Waals surface area contributed by atoms with Crippen LogP contribution in [0, 0.1) is 12.7 Å². The fourth-order valence-corrected chi connectivity index (χ4v) is 3.96. The van der Waals surface area contributed by atoms with Crippen LogP contribution in [0.3, 0.4) is 0 Å². The van der Waals surface area contributed by atoms with Gasteiger partial charge in [0.25, 0.3) is 15.9 Å². The number of benzene rings is 3. The fourth-order valence-electron chi connectivity index (χ4n) is 2.86. The van der Waals surface area contributed by atoms with E-state index >= 15 is 0 Å². The van der Waals surface area contributed by atoms with Gasteiger partial charge in [0.1, 0.15) is 6.61 Å². The van der Waals surface area contributed by atoms with Gasteiger partial charge in [0.2, 0.25) is 0 Å². The van der Waals surface area contributed by atoms with Gasteiger partial charge in [-0.1, -0.05) is 18.2 Å². The number of hydrogen-bond acceptors (Lipinski definition) is 5. The summed E-state index contributed by atoms with van der Waals surface area (Å²) < 4.78 is 52.2. The van der Waals surface area contributed by atoms with Crippen LogP contribution in [0.2, 0.25) is 0 Å². The molecule has 0 saturated carbocycles. The van der Waals surface area contributed by atoms with Gasteiger partial charge < -0.3 is 14.8 Å². The smallest absolute Gasteiger partial charge is 0.261 e. The Morgan fingerprint density at radius 2 is 1.75 bits per heavy atom. The molecule has 0 heterocycles. The standard InChI is InChI=1S/C23H23FN2O5S/c1-16-5-3-7-19(13-16)26-32(28,29)20-8-4-6-17(14-20)23(27)25-18-9-10-22(21(24)15-18)31-12-11-30-2/h3-10,13-15,26H,11-12H2,1-2H3,(H,25,27). The molecule has 7 nitrogen and oxygen atoms in total. The third-order valence-corrected chi connectivity index (χ3v) is 5.79. The lowest BCUT2D eigenvalue weighted by molar-refractivity contribution is 0.102. The molecule has 168 valence electrons. The Balaban J connectivity index is 1.73. The van der Waals surface area contributed by atoms with E-state index in [0.29, 0.717) is 12.3 Å². The Morgan fingerprint density at radius 1 is 0.969 bits per heavy atom. The Hall–Kier alpha value is -3.43. The van der Waals surface area contributed by atoms with E-state index in [1.54, 1.807) is 18.2 Å². The summed E-state index contributed by atoms with van der Waals surface area (Å²) in [5.74, 6) is -1.18. The highest BCUT2D eigenvalue weighted by molar-refractivity contribution is 7.92. The van der Waals surface area contributed by atoms with Crippen LogP contribution in [0.5, 0.6) is 5.75 Å². The quantitative estimate of drug-likeness (QED) is 0.469. The molecule has 0 aliphatic rings. The van der Waals surface area contributed by atoms with E-state index in [9.17, 15) is 17.6 Å². The summed E-state index contributed by atoms with van der Waals surface area (Å²) in [6.45, 7) is 2.36. The lowest BCUT2D eigenvalue weighted by Gasteiger charge is -2.11. The minimum atomic E-state index is -3.90. The molecule has 2 N–H and O–H groups in total. The van der Waals surface area contributed by atoms with Crippen molar-refractivity contribution in [3.05, 3.63) is 83.7 Å². The molecule has 0 aromatic heterocycles. The molecule has 0 aliphatic carbocycles. The Labute approximate surface area is 186 Å². The number of rotatable bonds is 9. The maximum absolute atomic E-state index is 14.2. The lowest BCUT2D eigenvalue weighted by Crippen LogP contribution is -2.16. The van der Waals surface area contributed by atoms with Crippen LogP contribution in [-0.4, -0.2) is 34.6 Å². The first kappa shape index (κ1) is 23.2. The number of methoxy groups -OCH3 is 1. The second-order valence-corrected chi connectivity index (χ2v) is 8.63. The van der Waals surface area contributed by atoms with Gasteiger partial charge in [-0.05, 0) is 55.0 Å². The van der Waals surface area contributed by atoms with Gasteiger partial charge in [-0.2, -0.15) is 0 Å². The zero-order valence-electron chi connectivity index (χ0n) is 17.6. The van der Waals surface area contributed by atoms with Crippen LogP contribution in [0.25, 0.3) is 0 Å². The number of halogens is 1. The van der Waals surface area contributed by atoms with Crippen molar-refractivity contribution in [2.45, 2.75) is 11.8 Å². The Kier molecular flexibility index (Phi) is 7.45. The molecule has 0 bridgehead atoms. The highest BCUT2D eigenvalue weighted by Crippen LogP contribution is 2.23. The molecule has 0 atom stereocenters. The summed E-state index contributed by atoms with van der Waals surface area (Å²) in [5.41, 5.74) is 1.64. The molecule has 3 rings (SSSR count). The first-order valence-corrected chi connectivity index (χ1v) is 11.2. The van der Waals surface area contributed by atoms with Gasteiger partial charge in [-0.15, -0.1) is 0 Å². The number of hydrogen-bond donors (Lipinski definition) is 2. The van der Waals surface area contributed by atoms with Crippen molar-refractivity contribution in [2.24, 2.45) is 0 Å². The molecule has 9 heteroatoms. The molecule has 0 unspecified atom stereocenters.